The summed E-state index contributed by atoms with van der Waals surface area (Å²) in [5, 5.41) is 9.73. The highest BCUT2D eigenvalue weighted by molar-refractivity contribution is 7.89. The minimum Gasteiger partial charge on any atom is -0.394 e. The lowest BCUT2D eigenvalue weighted by Gasteiger charge is -2.27. The van der Waals surface area contributed by atoms with Crippen molar-refractivity contribution in [2.24, 2.45) is 0 Å². The van der Waals surface area contributed by atoms with Crippen LogP contribution >= 0.6 is 0 Å². The molecule has 1 aliphatic heterocycles. The van der Waals surface area contributed by atoms with Crippen molar-refractivity contribution in [3.63, 3.8) is 0 Å². The van der Waals surface area contributed by atoms with Gasteiger partial charge in [0.2, 0.25) is 10.0 Å². The van der Waals surface area contributed by atoms with Gasteiger partial charge in [0.15, 0.2) is 0 Å². The first-order chi connectivity index (χ1) is 14.9. The molecular formula is C25H34N2O3S. The second-order valence-corrected chi connectivity index (χ2v) is 10.9. The van der Waals surface area contributed by atoms with Gasteiger partial charge in [0.1, 0.15) is 0 Å². The molecule has 4 rings (SSSR count). The SMILES string of the molecule is C[C@@H]1CCCN1CCc1ccc(-c2ccc(S(=O)(=O)NC3(CO)CCCC3)cc2)cc1. The smallest absolute Gasteiger partial charge is 0.241 e. The predicted octanol–water partition coefficient (Wildman–Crippen LogP) is 3.96. The lowest BCUT2D eigenvalue weighted by molar-refractivity contribution is 0.185. The molecule has 0 aromatic heterocycles. The van der Waals surface area contributed by atoms with Gasteiger partial charge in [-0.2, -0.15) is 0 Å². The number of sulfonamides is 1. The molecule has 0 spiro atoms. The molecule has 2 fully saturated rings. The largest absolute Gasteiger partial charge is 0.394 e. The van der Waals surface area contributed by atoms with E-state index in [1.54, 1.807) is 12.1 Å². The number of aliphatic hydroxyl groups excluding tert-OH is 1. The number of hydrogen-bond donors (Lipinski definition) is 2. The molecule has 1 heterocycles. The Morgan fingerprint density at radius 2 is 1.61 bits per heavy atom. The van der Waals surface area contributed by atoms with E-state index >= 15 is 0 Å². The van der Waals surface area contributed by atoms with Crippen molar-refractivity contribution in [1.82, 2.24) is 9.62 Å². The zero-order chi connectivity index (χ0) is 21.9. The van der Waals surface area contributed by atoms with E-state index in [4.69, 9.17) is 0 Å². The van der Waals surface area contributed by atoms with Crippen LogP contribution in [0, 0.1) is 0 Å². The van der Waals surface area contributed by atoms with E-state index in [2.05, 4.69) is 40.8 Å². The van der Waals surface area contributed by atoms with E-state index in [-0.39, 0.29) is 11.5 Å². The molecule has 6 heteroatoms. The molecule has 0 amide bonds. The second kappa shape index (κ2) is 9.41. The highest BCUT2D eigenvalue weighted by Crippen LogP contribution is 2.31. The minimum absolute atomic E-state index is 0.159. The van der Waals surface area contributed by atoms with Gasteiger partial charge < -0.3 is 10.0 Å². The normalized spacial score (nSPS) is 21.5. The fourth-order valence-corrected chi connectivity index (χ4v) is 6.43. The molecule has 5 nitrogen and oxygen atoms in total. The molecular weight excluding hydrogens is 408 g/mol. The van der Waals surface area contributed by atoms with Gasteiger partial charge >= 0.3 is 0 Å². The van der Waals surface area contributed by atoms with Gasteiger partial charge in [-0.25, -0.2) is 13.1 Å². The Hall–Kier alpha value is -1.73. The molecule has 1 saturated carbocycles. The van der Waals surface area contributed by atoms with Crippen molar-refractivity contribution < 1.29 is 13.5 Å². The number of aliphatic hydroxyl groups is 1. The summed E-state index contributed by atoms with van der Waals surface area (Å²) >= 11 is 0. The van der Waals surface area contributed by atoms with E-state index in [1.807, 2.05) is 12.1 Å². The Labute approximate surface area is 186 Å². The zero-order valence-corrected chi connectivity index (χ0v) is 19.2. The number of benzene rings is 2. The Balaban J connectivity index is 1.40. The number of likely N-dealkylation sites (tertiary alicyclic amines) is 1. The molecule has 0 radical (unpaired) electrons. The van der Waals surface area contributed by atoms with Crippen molar-refractivity contribution >= 4 is 10.0 Å². The third kappa shape index (κ3) is 5.20. The van der Waals surface area contributed by atoms with Crippen LogP contribution in [0.3, 0.4) is 0 Å². The highest BCUT2D eigenvalue weighted by Gasteiger charge is 2.37. The molecule has 0 bridgehead atoms. The first kappa shape index (κ1) is 22.5. The fraction of sp³-hybridized carbons (Fsp3) is 0.520. The maximum atomic E-state index is 12.8. The lowest BCUT2D eigenvalue weighted by Crippen LogP contribution is -2.49. The Bertz CT molecular complexity index is 965. The van der Waals surface area contributed by atoms with Crippen molar-refractivity contribution in [2.75, 3.05) is 19.7 Å². The van der Waals surface area contributed by atoms with Crippen LogP contribution in [0.25, 0.3) is 11.1 Å². The van der Waals surface area contributed by atoms with Crippen molar-refractivity contribution in [3.05, 3.63) is 54.1 Å². The Morgan fingerprint density at radius 3 is 2.16 bits per heavy atom. The molecule has 2 aromatic carbocycles. The molecule has 1 saturated heterocycles. The summed E-state index contributed by atoms with van der Waals surface area (Å²) in [7, 11) is -3.65. The van der Waals surface area contributed by atoms with Gasteiger partial charge in [0, 0.05) is 12.6 Å². The van der Waals surface area contributed by atoms with Crippen molar-refractivity contribution in [3.8, 4) is 11.1 Å². The third-order valence-electron chi connectivity index (χ3n) is 7.04. The molecule has 2 N–H and O–H groups in total. The maximum absolute atomic E-state index is 12.8. The van der Waals surface area contributed by atoms with Crippen molar-refractivity contribution in [1.29, 1.82) is 0 Å². The van der Waals surface area contributed by atoms with Crippen LogP contribution in [-0.2, 0) is 16.4 Å². The van der Waals surface area contributed by atoms with E-state index in [0.29, 0.717) is 18.9 Å². The van der Waals surface area contributed by atoms with Crippen LogP contribution in [0.15, 0.2) is 53.4 Å². The average molecular weight is 443 g/mol. The second-order valence-electron chi connectivity index (χ2n) is 9.25. The summed E-state index contributed by atoms with van der Waals surface area (Å²) in [5.41, 5.74) is 2.70. The molecule has 1 atom stereocenters. The van der Waals surface area contributed by atoms with E-state index in [1.165, 1.54) is 24.9 Å². The van der Waals surface area contributed by atoms with Crippen molar-refractivity contribution in [2.45, 2.75) is 68.3 Å². The maximum Gasteiger partial charge on any atom is 0.241 e. The number of nitrogens with one attached hydrogen (secondary N) is 1. The zero-order valence-electron chi connectivity index (χ0n) is 18.4. The summed E-state index contributed by atoms with van der Waals surface area (Å²) in [5.74, 6) is 0. The van der Waals surface area contributed by atoms with Crippen LogP contribution < -0.4 is 4.72 Å². The summed E-state index contributed by atoms with van der Waals surface area (Å²) in [6.45, 7) is 4.47. The van der Waals surface area contributed by atoms with Gasteiger partial charge in [-0.05, 0) is 74.4 Å². The van der Waals surface area contributed by atoms with Gasteiger partial charge in [-0.15, -0.1) is 0 Å². The number of nitrogens with zero attached hydrogens (tertiary/aromatic N) is 1. The molecule has 168 valence electrons. The van der Waals surface area contributed by atoms with Crippen LogP contribution in [0.2, 0.25) is 0 Å². The quantitative estimate of drug-likeness (QED) is 0.649. The summed E-state index contributed by atoms with van der Waals surface area (Å²) in [6.07, 6.45) is 6.92. The molecule has 1 aliphatic carbocycles. The number of rotatable bonds is 8. The lowest BCUT2D eigenvalue weighted by atomic mass is 10.0. The first-order valence-corrected chi connectivity index (χ1v) is 13.0. The molecule has 2 aromatic rings. The van der Waals surface area contributed by atoms with Crippen LogP contribution in [-0.4, -0.2) is 49.7 Å². The Morgan fingerprint density at radius 1 is 1.00 bits per heavy atom. The standard InChI is InChI=1S/C25H34N2O3S/c1-20-5-4-17-27(20)18-14-21-6-8-22(9-7-21)23-10-12-24(13-11-23)31(29,30)26-25(19-28)15-2-3-16-25/h6-13,20,26,28H,2-5,14-19H2,1H3/t20-/m1/s1. The first-order valence-electron chi connectivity index (χ1n) is 11.5. The van der Waals surface area contributed by atoms with Gasteiger partial charge in [-0.1, -0.05) is 49.2 Å². The summed E-state index contributed by atoms with van der Waals surface area (Å²) in [4.78, 5) is 2.81. The van der Waals surface area contributed by atoms with E-state index in [0.717, 1.165) is 36.9 Å². The minimum atomic E-state index is -3.65. The van der Waals surface area contributed by atoms with E-state index in [9.17, 15) is 13.5 Å². The summed E-state index contributed by atoms with van der Waals surface area (Å²) < 4.78 is 28.4. The van der Waals surface area contributed by atoms with Crippen LogP contribution in [0.1, 0.15) is 51.0 Å². The molecule has 0 unspecified atom stereocenters. The molecule has 2 aliphatic rings. The summed E-state index contributed by atoms with van der Waals surface area (Å²) in [6, 6.07) is 16.3. The van der Waals surface area contributed by atoms with Gasteiger partial charge in [0.25, 0.3) is 0 Å². The van der Waals surface area contributed by atoms with E-state index < -0.39 is 15.6 Å². The van der Waals surface area contributed by atoms with Crippen LogP contribution in [0.4, 0.5) is 0 Å². The third-order valence-corrected chi connectivity index (χ3v) is 8.64. The average Bonchev–Trinajstić information content (AvgIpc) is 3.41. The van der Waals surface area contributed by atoms with Gasteiger partial charge in [0.05, 0.1) is 17.0 Å². The topological polar surface area (TPSA) is 69.6 Å². The van der Waals surface area contributed by atoms with Crippen LogP contribution in [0.5, 0.6) is 0 Å². The fourth-order valence-electron chi connectivity index (χ4n) is 4.98. The number of hydrogen-bond acceptors (Lipinski definition) is 4. The Kier molecular flexibility index (Phi) is 6.82. The predicted molar refractivity (Wildman–Crippen MR) is 124 cm³/mol. The molecule has 31 heavy (non-hydrogen) atoms. The van der Waals surface area contributed by atoms with Gasteiger partial charge in [-0.3, -0.25) is 0 Å². The monoisotopic (exact) mass is 442 g/mol. The highest BCUT2D eigenvalue weighted by atomic mass is 32.2.